The molecule has 0 radical (unpaired) electrons. The molecule has 326 valence electrons. The molecule has 9 aromatic carbocycles. The molecule has 3 aromatic heterocycles. The van der Waals surface area contributed by atoms with Crippen molar-refractivity contribution in [1.29, 1.82) is 0 Å². The Morgan fingerprint density at radius 2 is 1.03 bits per heavy atom. The van der Waals surface area contributed by atoms with E-state index in [-0.39, 0.29) is 6.04 Å². The van der Waals surface area contributed by atoms with Crippen LogP contribution in [0.2, 0.25) is 0 Å². The summed E-state index contributed by atoms with van der Waals surface area (Å²) >= 11 is 0. The van der Waals surface area contributed by atoms with Crippen molar-refractivity contribution < 1.29 is 0 Å². The van der Waals surface area contributed by atoms with Crippen LogP contribution in [0.25, 0.3) is 99.6 Å². The largest absolute Gasteiger partial charge is 0.319 e. The fourth-order valence-corrected chi connectivity index (χ4v) is 11.9. The molecule has 0 saturated heterocycles. The fourth-order valence-electron chi connectivity index (χ4n) is 11.9. The number of fused-ring (bicyclic) bond motifs is 16. The van der Waals surface area contributed by atoms with Crippen molar-refractivity contribution in [2.45, 2.75) is 6.04 Å². The summed E-state index contributed by atoms with van der Waals surface area (Å²) in [4.78, 5) is 7.79. The SMILES string of the molecule is C1=CC2=[N+](c3ccccc3)c3cc4c(cc3N(c3ccccc3)C2C=C1)-c1ncccc1-c1ccccc1-c1c-4cccc1-n1c2ccccc2c2cc(-n3c4ccccc4c4ccccc43)ccc21. The zero-order chi connectivity index (χ0) is 45.9. The maximum Gasteiger partial charge on any atom is 0.236 e. The number of allylic oxidation sites excluding steroid dienone is 2. The molecule has 4 heterocycles. The van der Waals surface area contributed by atoms with Gasteiger partial charge in [-0.05, 0) is 89.0 Å². The van der Waals surface area contributed by atoms with Gasteiger partial charge in [-0.15, -0.1) is 0 Å². The minimum atomic E-state index is -0.0414. The van der Waals surface area contributed by atoms with Gasteiger partial charge in [0.1, 0.15) is 11.7 Å². The lowest BCUT2D eigenvalue weighted by molar-refractivity contribution is 0.897. The van der Waals surface area contributed by atoms with E-state index in [1.807, 2.05) is 6.20 Å². The second-order valence-corrected chi connectivity index (χ2v) is 18.4. The van der Waals surface area contributed by atoms with Gasteiger partial charge >= 0.3 is 0 Å². The molecular formula is C65H42N5+. The molecule has 1 atom stereocenters. The van der Waals surface area contributed by atoms with Gasteiger partial charge in [-0.3, -0.25) is 4.98 Å². The van der Waals surface area contributed by atoms with Crippen molar-refractivity contribution in [2.75, 3.05) is 4.90 Å². The maximum absolute atomic E-state index is 5.29. The van der Waals surface area contributed by atoms with Gasteiger partial charge in [0.05, 0.1) is 33.4 Å². The van der Waals surface area contributed by atoms with E-state index in [4.69, 9.17) is 4.98 Å². The van der Waals surface area contributed by atoms with Crippen LogP contribution in [0.3, 0.4) is 0 Å². The molecule has 5 heteroatoms. The van der Waals surface area contributed by atoms with Gasteiger partial charge in [-0.25, -0.2) is 0 Å². The van der Waals surface area contributed by atoms with E-state index in [1.54, 1.807) is 0 Å². The van der Waals surface area contributed by atoms with E-state index < -0.39 is 0 Å². The van der Waals surface area contributed by atoms with Crippen LogP contribution in [-0.2, 0) is 0 Å². The Bertz CT molecular complexity index is 4190. The molecule has 1 unspecified atom stereocenters. The van der Waals surface area contributed by atoms with Crippen LogP contribution >= 0.6 is 0 Å². The minimum absolute atomic E-state index is 0.0414. The zero-order valence-corrected chi connectivity index (χ0v) is 38.0. The van der Waals surface area contributed by atoms with E-state index in [0.29, 0.717) is 0 Å². The highest BCUT2D eigenvalue weighted by Crippen LogP contribution is 2.54. The zero-order valence-electron chi connectivity index (χ0n) is 38.0. The normalized spacial score (nSPS) is 14.5. The average molecular weight is 893 g/mol. The molecule has 0 amide bonds. The Morgan fingerprint density at radius 1 is 0.400 bits per heavy atom. The van der Waals surface area contributed by atoms with Gasteiger partial charge in [0, 0.05) is 80.1 Å². The molecule has 0 spiro atoms. The predicted octanol–water partition coefficient (Wildman–Crippen LogP) is 16.2. The number of rotatable bonds is 4. The van der Waals surface area contributed by atoms with Crippen molar-refractivity contribution in [1.82, 2.24) is 18.7 Å². The van der Waals surface area contributed by atoms with Crippen LogP contribution in [0.1, 0.15) is 0 Å². The lowest BCUT2D eigenvalue weighted by atomic mass is 9.81. The first-order valence-corrected chi connectivity index (χ1v) is 24.1. The average Bonchev–Trinajstić information content (AvgIpc) is 3.94. The predicted molar refractivity (Wildman–Crippen MR) is 292 cm³/mol. The number of benzene rings is 9. The summed E-state index contributed by atoms with van der Waals surface area (Å²) in [7, 11) is 0. The van der Waals surface area contributed by atoms with Gasteiger partial charge in [0.15, 0.2) is 0 Å². The summed E-state index contributed by atoms with van der Waals surface area (Å²) in [5, 5.41) is 4.93. The monoisotopic (exact) mass is 892 g/mol. The number of anilines is 2. The number of aromatic nitrogens is 3. The summed E-state index contributed by atoms with van der Waals surface area (Å²) < 4.78 is 7.40. The molecule has 0 fully saturated rings. The molecule has 1 aliphatic heterocycles. The van der Waals surface area contributed by atoms with Crippen molar-refractivity contribution >= 4 is 72.1 Å². The smallest absolute Gasteiger partial charge is 0.236 e. The molecule has 0 N–H and O–H groups in total. The summed E-state index contributed by atoms with van der Waals surface area (Å²) in [6.45, 7) is 0. The van der Waals surface area contributed by atoms with Crippen molar-refractivity contribution in [2.24, 2.45) is 0 Å². The lowest BCUT2D eigenvalue weighted by Gasteiger charge is -2.36. The first-order chi connectivity index (χ1) is 34.8. The Labute approximate surface area is 404 Å². The minimum Gasteiger partial charge on any atom is -0.319 e. The first-order valence-electron chi connectivity index (χ1n) is 24.1. The summed E-state index contributed by atoms with van der Waals surface area (Å²) in [6.07, 6.45) is 10.9. The van der Waals surface area contributed by atoms with E-state index in [0.717, 1.165) is 78.7 Å². The highest BCUT2D eigenvalue weighted by atomic mass is 15.2. The summed E-state index contributed by atoms with van der Waals surface area (Å²) in [5.74, 6) is 0. The number of hydrogen-bond donors (Lipinski definition) is 0. The van der Waals surface area contributed by atoms with E-state index >= 15 is 0 Å². The molecule has 12 aromatic rings. The highest BCUT2D eigenvalue weighted by Gasteiger charge is 2.42. The summed E-state index contributed by atoms with van der Waals surface area (Å²) in [6, 6.07) is 80.1. The van der Waals surface area contributed by atoms with Crippen molar-refractivity contribution in [3.63, 3.8) is 0 Å². The molecule has 5 nitrogen and oxygen atoms in total. The van der Waals surface area contributed by atoms with Crippen LogP contribution < -0.4 is 9.48 Å². The van der Waals surface area contributed by atoms with Crippen LogP contribution in [0.4, 0.5) is 22.7 Å². The number of para-hydroxylation sites is 5. The van der Waals surface area contributed by atoms with Crippen LogP contribution in [-0.4, -0.2) is 25.9 Å². The molecule has 70 heavy (non-hydrogen) atoms. The Kier molecular flexibility index (Phi) is 8.36. The van der Waals surface area contributed by atoms with Crippen LogP contribution in [0.15, 0.2) is 249 Å². The molecule has 2 aliphatic carbocycles. The van der Waals surface area contributed by atoms with E-state index in [9.17, 15) is 0 Å². The number of hydrogen-bond acceptors (Lipinski definition) is 2. The molecule has 0 saturated carbocycles. The quantitative estimate of drug-likeness (QED) is 0.165. The van der Waals surface area contributed by atoms with Gasteiger partial charge in [-0.1, -0.05) is 152 Å². The number of nitrogens with zero attached hydrogens (tertiary/aromatic N) is 5. The third-order valence-corrected chi connectivity index (χ3v) is 14.8. The maximum atomic E-state index is 5.29. The van der Waals surface area contributed by atoms with E-state index in [1.165, 1.54) is 49.4 Å². The fraction of sp³-hybridized carbons (Fsp3) is 0.0154. The molecule has 0 bridgehead atoms. The van der Waals surface area contributed by atoms with Crippen molar-refractivity contribution in [3.05, 3.63) is 249 Å². The third-order valence-electron chi connectivity index (χ3n) is 14.8. The van der Waals surface area contributed by atoms with Gasteiger partial charge in [0.25, 0.3) is 0 Å². The second-order valence-electron chi connectivity index (χ2n) is 18.4. The third kappa shape index (κ3) is 5.54. The van der Waals surface area contributed by atoms with Gasteiger partial charge in [0.2, 0.25) is 17.1 Å². The standard InChI is InChI=1S/C65H42N5/c1-3-19-42(20-4-1)67-59-33-15-16-34-60(59)68(43-21-5-2-6-22-43)63-41-54-52(40-62(63)67)50-28-17-35-61(64(50)49-27-8-7-23-45(49)51-29-18-38-66-65(51)54)70-57-32-14-11-26-48(57)53-39-44(36-37-58(53)70)69-55-30-12-9-24-46(55)47-25-10-13-31-56(47)69/h1-41,60H/q+1. The van der Waals surface area contributed by atoms with Crippen LogP contribution in [0, 0.1) is 0 Å². The molecule has 15 rings (SSSR count). The summed E-state index contributed by atoms with van der Waals surface area (Å²) in [5.41, 5.74) is 21.6. The van der Waals surface area contributed by atoms with Crippen molar-refractivity contribution in [3.8, 4) is 56.0 Å². The Morgan fingerprint density at radius 3 is 1.80 bits per heavy atom. The Balaban J connectivity index is 1.04. The molecular weight excluding hydrogens is 851 g/mol. The van der Waals surface area contributed by atoms with Gasteiger partial charge < -0.3 is 14.0 Å². The lowest BCUT2D eigenvalue weighted by Crippen LogP contribution is -2.44. The Hall–Kier alpha value is -9.32. The highest BCUT2D eigenvalue weighted by molar-refractivity contribution is 6.16. The molecule has 3 aliphatic rings. The van der Waals surface area contributed by atoms with Crippen LogP contribution in [0.5, 0.6) is 0 Å². The van der Waals surface area contributed by atoms with E-state index in [2.05, 4.69) is 261 Å². The topological polar surface area (TPSA) is 29.0 Å². The second kappa shape index (κ2) is 15.1. The number of pyridine rings is 1. The van der Waals surface area contributed by atoms with Gasteiger partial charge in [-0.2, -0.15) is 4.58 Å². The first kappa shape index (κ1) is 38.8.